The van der Waals surface area contributed by atoms with Crippen LogP contribution in [0, 0.1) is 0 Å². The molecule has 5 nitrogen and oxygen atoms in total. The smallest absolute Gasteiger partial charge is 0.190 e. The summed E-state index contributed by atoms with van der Waals surface area (Å²) in [4.78, 5) is 4.23. The molecule has 0 aromatic heterocycles. The first-order chi connectivity index (χ1) is 8.49. The number of rotatable bonds is 4. The fraction of sp³-hybridized carbons (Fsp3) is 0.364. The molecule has 0 fully saturated rings. The van der Waals surface area contributed by atoms with Crippen LogP contribution in [0.15, 0.2) is 38.6 Å². The van der Waals surface area contributed by atoms with Crippen LogP contribution < -0.4 is 10.6 Å². The molecule has 2 N–H and O–H groups in total. The minimum Gasteiger partial charge on any atom is -0.359 e. The van der Waals surface area contributed by atoms with Gasteiger partial charge in [-0.1, -0.05) is 15.9 Å². The molecule has 0 bridgehead atoms. The summed E-state index contributed by atoms with van der Waals surface area (Å²) in [5.41, 5.74) is 0. The molecule has 18 heavy (non-hydrogen) atoms. The van der Waals surface area contributed by atoms with Crippen molar-refractivity contribution in [3.63, 3.8) is 0 Å². The number of hydrogen-bond acceptors (Lipinski definition) is 3. The molecule has 0 unspecified atom stereocenters. The quantitative estimate of drug-likeness (QED) is 0.637. The molecule has 0 aliphatic rings. The normalized spacial score (nSPS) is 12.3. The van der Waals surface area contributed by atoms with Crippen LogP contribution in [-0.4, -0.2) is 40.8 Å². The molecule has 0 atom stereocenters. The van der Waals surface area contributed by atoms with Gasteiger partial charge in [-0.25, -0.2) is 8.42 Å². The molecule has 100 valence electrons. The van der Waals surface area contributed by atoms with Crippen LogP contribution in [0.25, 0.3) is 0 Å². The van der Waals surface area contributed by atoms with Gasteiger partial charge >= 0.3 is 0 Å². The van der Waals surface area contributed by atoms with Crippen LogP contribution in [0.2, 0.25) is 0 Å². The van der Waals surface area contributed by atoms with Gasteiger partial charge in [0.2, 0.25) is 0 Å². The zero-order valence-corrected chi connectivity index (χ0v) is 12.7. The molecule has 0 heterocycles. The number of aliphatic imine (C=N–C) groups is 1. The highest BCUT2D eigenvalue weighted by molar-refractivity contribution is 9.10. The monoisotopic (exact) mass is 333 g/mol. The number of guanidine groups is 1. The zero-order chi connectivity index (χ0) is 13.6. The Bertz CT molecular complexity index is 512. The molecule has 0 saturated heterocycles. The first-order valence-corrected chi connectivity index (χ1v) is 7.81. The number of halogens is 1. The van der Waals surface area contributed by atoms with Gasteiger partial charge in [0.05, 0.1) is 10.6 Å². The van der Waals surface area contributed by atoms with E-state index in [9.17, 15) is 8.42 Å². The average Bonchev–Trinajstić information content (AvgIpc) is 2.35. The summed E-state index contributed by atoms with van der Waals surface area (Å²) in [5.74, 6) is 0.594. The van der Waals surface area contributed by atoms with Crippen LogP contribution in [0.5, 0.6) is 0 Å². The fourth-order valence-electron chi connectivity index (χ4n) is 1.34. The number of nitrogens with zero attached hydrogens (tertiary/aromatic N) is 1. The molecule has 1 aromatic carbocycles. The second-order valence-electron chi connectivity index (χ2n) is 3.52. The molecule has 7 heteroatoms. The summed E-state index contributed by atoms with van der Waals surface area (Å²) in [5, 5.41) is 5.73. The van der Waals surface area contributed by atoms with Crippen LogP contribution in [0.3, 0.4) is 0 Å². The van der Waals surface area contributed by atoms with E-state index < -0.39 is 9.84 Å². The van der Waals surface area contributed by atoms with Crippen molar-refractivity contribution in [2.45, 2.75) is 4.90 Å². The Hall–Kier alpha value is -1.08. The van der Waals surface area contributed by atoms with Gasteiger partial charge in [0.1, 0.15) is 0 Å². The summed E-state index contributed by atoms with van der Waals surface area (Å²) in [7, 11) is 0.0926. The van der Waals surface area contributed by atoms with Gasteiger partial charge in [0, 0.05) is 25.1 Å². The lowest BCUT2D eigenvalue weighted by atomic mass is 10.4. The molecular weight excluding hydrogens is 318 g/mol. The number of benzene rings is 1. The van der Waals surface area contributed by atoms with E-state index in [0.29, 0.717) is 17.4 Å². The largest absolute Gasteiger partial charge is 0.359 e. The minimum atomic E-state index is -3.26. The minimum absolute atomic E-state index is 0.0231. The lowest BCUT2D eigenvalue weighted by Gasteiger charge is -2.09. The first-order valence-electron chi connectivity index (χ1n) is 5.36. The Labute approximate surface area is 116 Å². The van der Waals surface area contributed by atoms with Crippen molar-refractivity contribution >= 4 is 31.7 Å². The van der Waals surface area contributed by atoms with E-state index in [1.54, 1.807) is 38.4 Å². The maximum Gasteiger partial charge on any atom is 0.190 e. The number of nitrogens with one attached hydrogen (secondary N) is 2. The summed E-state index contributed by atoms with van der Waals surface area (Å²) in [6, 6.07) is 6.61. The molecule has 0 aliphatic heterocycles. The Kier molecular flexibility index (Phi) is 5.61. The van der Waals surface area contributed by atoms with Crippen LogP contribution in [-0.2, 0) is 9.84 Å². The van der Waals surface area contributed by atoms with Crippen LogP contribution >= 0.6 is 15.9 Å². The van der Waals surface area contributed by atoms with Gasteiger partial charge in [-0.3, -0.25) is 4.99 Å². The van der Waals surface area contributed by atoms with E-state index in [4.69, 9.17) is 0 Å². The van der Waals surface area contributed by atoms with E-state index in [2.05, 4.69) is 31.6 Å². The Morgan fingerprint density at radius 3 is 2.44 bits per heavy atom. The summed E-state index contributed by atoms with van der Waals surface area (Å²) < 4.78 is 24.8. The van der Waals surface area contributed by atoms with Crippen molar-refractivity contribution in [3.05, 3.63) is 28.7 Å². The predicted molar refractivity (Wildman–Crippen MR) is 76.6 cm³/mol. The highest BCUT2D eigenvalue weighted by atomic mass is 79.9. The standard InChI is InChI=1S/C11H16BrN3O2S/c1-13-11(14-2)15-7-8-18(16,17)10-5-3-9(12)4-6-10/h3-6H,7-8H2,1-2H3,(H2,13,14,15). The zero-order valence-electron chi connectivity index (χ0n) is 10.3. The Morgan fingerprint density at radius 2 is 1.94 bits per heavy atom. The Balaban J connectivity index is 2.63. The lowest BCUT2D eigenvalue weighted by Crippen LogP contribution is -2.37. The Morgan fingerprint density at radius 1 is 1.33 bits per heavy atom. The second-order valence-corrected chi connectivity index (χ2v) is 6.55. The molecule has 0 saturated carbocycles. The highest BCUT2D eigenvalue weighted by Crippen LogP contribution is 2.15. The SMILES string of the molecule is CN=C(NC)NCCS(=O)(=O)c1ccc(Br)cc1. The summed E-state index contributed by atoms with van der Waals surface area (Å²) in [6.07, 6.45) is 0. The van der Waals surface area contributed by atoms with Crippen molar-refractivity contribution in [1.29, 1.82) is 0 Å². The maximum atomic E-state index is 12.0. The van der Waals surface area contributed by atoms with Gasteiger partial charge in [0.15, 0.2) is 15.8 Å². The van der Waals surface area contributed by atoms with Crippen LogP contribution in [0.1, 0.15) is 0 Å². The molecule has 1 rings (SSSR count). The number of hydrogen-bond donors (Lipinski definition) is 2. The predicted octanol–water partition coefficient (Wildman–Crippen LogP) is 1.02. The third-order valence-corrected chi connectivity index (χ3v) is 4.56. The molecule has 1 aromatic rings. The number of sulfone groups is 1. The van der Waals surface area contributed by atoms with E-state index in [-0.39, 0.29) is 5.75 Å². The molecule has 0 radical (unpaired) electrons. The summed E-state index contributed by atoms with van der Waals surface area (Å²) in [6.45, 7) is 0.311. The van der Waals surface area contributed by atoms with Crippen LogP contribution in [0.4, 0.5) is 0 Å². The lowest BCUT2D eigenvalue weighted by molar-refractivity contribution is 0.594. The van der Waals surface area contributed by atoms with E-state index in [1.165, 1.54) is 0 Å². The van der Waals surface area contributed by atoms with Gasteiger partial charge in [-0.05, 0) is 24.3 Å². The maximum absolute atomic E-state index is 12.0. The van der Waals surface area contributed by atoms with E-state index in [0.717, 1.165) is 4.47 Å². The van der Waals surface area contributed by atoms with E-state index >= 15 is 0 Å². The van der Waals surface area contributed by atoms with Crippen molar-refractivity contribution in [1.82, 2.24) is 10.6 Å². The molecule has 0 spiro atoms. The molecule has 0 aliphatic carbocycles. The fourth-order valence-corrected chi connectivity index (χ4v) is 2.76. The van der Waals surface area contributed by atoms with E-state index in [1.807, 2.05) is 0 Å². The first kappa shape index (κ1) is 15.0. The molecule has 0 amide bonds. The average molecular weight is 334 g/mol. The third kappa shape index (κ3) is 4.30. The van der Waals surface area contributed by atoms with Crippen molar-refractivity contribution in [2.24, 2.45) is 4.99 Å². The van der Waals surface area contributed by atoms with Crippen molar-refractivity contribution in [3.8, 4) is 0 Å². The molecular formula is C11H16BrN3O2S. The summed E-state index contributed by atoms with van der Waals surface area (Å²) >= 11 is 3.27. The van der Waals surface area contributed by atoms with Crippen molar-refractivity contribution < 1.29 is 8.42 Å². The van der Waals surface area contributed by atoms with Gasteiger partial charge in [0.25, 0.3) is 0 Å². The van der Waals surface area contributed by atoms with Gasteiger partial charge < -0.3 is 10.6 Å². The third-order valence-electron chi connectivity index (χ3n) is 2.30. The van der Waals surface area contributed by atoms with Gasteiger partial charge in [-0.15, -0.1) is 0 Å². The van der Waals surface area contributed by atoms with Gasteiger partial charge in [-0.2, -0.15) is 0 Å². The van der Waals surface area contributed by atoms with Crippen molar-refractivity contribution in [2.75, 3.05) is 26.4 Å². The highest BCUT2D eigenvalue weighted by Gasteiger charge is 2.13. The topological polar surface area (TPSA) is 70.6 Å². The second kappa shape index (κ2) is 6.75.